The summed E-state index contributed by atoms with van der Waals surface area (Å²) in [5.74, 6) is -0.658. The van der Waals surface area contributed by atoms with Crippen LogP contribution in [0.3, 0.4) is 0 Å². The Bertz CT molecular complexity index is 671. The van der Waals surface area contributed by atoms with Crippen molar-refractivity contribution in [1.82, 2.24) is 20.7 Å². The molecule has 1 spiro atoms. The lowest BCUT2D eigenvalue weighted by Gasteiger charge is -2.30. The Morgan fingerprint density at radius 1 is 1.19 bits per heavy atom. The Hall–Kier alpha value is -2.41. The first-order chi connectivity index (χ1) is 12.5. The van der Waals surface area contributed by atoms with Crippen LogP contribution < -0.4 is 10.7 Å². The van der Waals surface area contributed by atoms with Gasteiger partial charge in [0.05, 0.1) is 0 Å². The van der Waals surface area contributed by atoms with Gasteiger partial charge in [0.1, 0.15) is 5.54 Å². The molecular weight excluding hydrogens is 332 g/mol. The lowest BCUT2D eigenvalue weighted by molar-refractivity contribution is -0.140. The van der Waals surface area contributed by atoms with E-state index in [0.29, 0.717) is 19.4 Å². The summed E-state index contributed by atoms with van der Waals surface area (Å²) >= 11 is 0. The van der Waals surface area contributed by atoms with Gasteiger partial charge in [-0.3, -0.25) is 15.0 Å². The molecule has 0 atom stereocenters. The van der Waals surface area contributed by atoms with Crippen LogP contribution in [0.25, 0.3) is 0 Å². The average Bonchev–Trinajstić information content (AvgIpc) is 2.85. The van der Waals surface area contributed by atoms with Crippen molar-refractivity contribution < 1.29 is 14.4 Å². The van der Waals surface area contributed by atoms with Crippen LogP contribution in [0.1, 0.15) is 44.1 Å². The van der Waals surface area contributed by atoms with E-state index in [4.69, 9.17) is 0 Å². The molecule has 0 unspecified atom stereocenters. The maximum absolute atomic E-state index is 12.6. The van der Waals surface area contributed by atoms with Crippen LogP contribution >= 0.6 is 0 Å². The van der Waals surface area contributed by atoms with Crippen LogP contribution in [0.5, 0.6) is 0 Å². The number of carbonyl (C=O) groups excluding carboxylic acids is 3. The van der Waals surface area contributed by atoms with Crippen molar-refractivity contribution >= 4 is 17.8 Å². The Balaban J connectivity index is 1.48. The number of hydrogen-bond donors (Lipinski definition) is 2. The number of hydrazine groups is 1. The third kappa shape index (κ3) is 4.04. The third-order valence-corrected chi connectivity index (χ3v) is 5.12. The maximum atomic E-state index is 12.6. The summed E-state index contributed by atoms with van der Waals surface area (Å²) in [5, 5.41) is 3.65. The fourth-order valence-electron chi connectivity index (χ4n) is 3.66. The molecule has 1 aromatic carbocycles. The first kappa shape index (κ1) is 18.4. The van der Waals surface area contributed by atoms with Gasteiger partial charge in [-0.1, -0.05) is 49.6 Å². The first-order valence-corrected chi connectivity index (χ1v) is 9.19. The van der Waals surface area contributed by atoms with Crippen molar-refractivity contribution in [3.8, 4) is 0 Å². The van der Waals surface area contributed by atoms with Crippen LogP contribution in [-0.2, 0) is 16.1 Å². The molecule has 2 fully saturated rings. The molecule has 0 bridgehead atoms. The first-order valence-electron chi connectivity index (χ1n) is 9.19. The van der Waals surface area contributed by atoms with Gasteiger partial charge in [-0.25, -0.2) is 4.79 Å². The van der Waals surface area contributed by atoms with E-state index in [0.717, 1.165) is 30.8 Å². The minimum atomic E-state index is -0.813. The molecule has 7 heteroatoms. The molecule has 3 rings (SSSR count). The van der Waals surface area contributed by atoms with Gasteiger partial charge in [0.25, 0.3) is 5.91 Å². The van der Waals surface area contributed by atoms with Crippen molar-refractivity contribution in [1.29, 1.82) is 0 Å². The van der Waals surface area contributed by atoms with Gasteiger partial charge in [-0.2, -0.15) is 5.01 Å². The second-order valence-corrected chi connectivity index (χ2v) is 7.22. The SMILES string of the molecule is CN(CCC(=O)NN1C(=O)NC2(CCCCC2)C1=O)Cc1ccccc1. The van der Waals surface area contributed by atoms with Crippen LogP contribution in [-0.4, -0.2) is 46.9 Å². The van der Waals surface area contributed by atoms with Crippen LogP contribution in [0, 0.1) is 0 Å². The smallest absolute Gasteiger partial charge is 0.322 e. The molecular formula is C19H26N4O3. The maximum Gasteiger partial charge on any atom is 0.344 e. The fourth-order valence-corrected chi connectivity index (χ4v) is 3.66. The number of amides is 4. The number of benzene rings is 1. The van der Waals surface area contributed by atoms with Gasteiger partial charge in [0.15, 0.2) is 0 Å². The predicted molar refractivity (Wildman–Crippen MR) is 96.7 cm³/mol. The number of imide groups is 1. The molecule has 4 amide bonds. The monoisotopic (exact) mass is 358 g/mol. The highest BCUT2D eigenvalue weighted by Gasteiger charge is 2.52. The standard InChI is InChI=1S/C19H26N4O3/c1-22(14-15-8-4-2-5-9-15)13-10-16(24)21-23-17(25)19(20-18(23)26)11-6-3-7-12-19/h2,4-5,8-9H,3,6-7,10-14H2,1H3,(H,20,26)(H,21,24). The highest BCUT2D eigenvalue weighted by atomic mass is 16.2. The third-order valence-electron chi connectivity index (χ3n) is 5.12. The molecule has 1 saturated heterocycles. The molecule has 1 aliphatic heterocycles. The minimum Gasteiger partial charge on any atom is -0.322 e. The molecule has 1 saturated carbocycles. The number of carbonyl (C=O) groups is 3. The zero-order valence-corrected chi connectivity index (χ0v) is 15.2. The molecule has 140 valence electrons. The molecule has 2 aliphatic rings. The molecule has 7 nitrogen and oxygen atoms in total. The summed E-state index contributed by atoms with van der Waals surface area (Å²) in [6.07, 6.45) is 4.40. The predicted octanol–water partition coefficient (Wildman–Crippen LogP) is 1.79. The van der Waals surface area contributed by atoms with E-state index in [-0.39, 0.29) is 18.2 Å². The zero-order chi connectivity index (χ0) is 18.6. The summed E-state index contributed by atoms with van der Waals surface area (Å²) in [4.78, 5) is 39.0. The lowest BCUT2D eigenvalue weighted by Crippen LogP contribution is -2.51. The Labute approximate surface area is 153 Å². The quantitative estimate of drug-likeness (QED) is 0.760. The minimum absolute atomic E-state index is 0.216. The molecule has 0 aromatic heterocycles. The van der Waals surface area contributed by atoms with Crippen LogP contribution in [0.15, 0.2) is 30.3 Å². The van der Waals surface area contributed by atoms with E-state index in [2.05, 4.69) is 10.7 Å². The molecule has 1 aliphatic carbocycles. The second kappa shape index (κ2) is 7.86. The highest BCUT2D eigenvalue weighted by molar-refractivity contribution is 6.08. The largest absolute Gasteiger partial charge is 0.344 e. The fraction of sp³-hybridized carbons (Fsp3) is 0.526. The Morgan fingerprint density at radius 2 is 1.88 bits per heavy atom. The van der Waals surface area contributed by atoms with Gasteiger partial charge < -0.3 is 10.2 Å². The van der Waals surface area contributed by atoms with E-state index < -0.39 is 11.6 Å². The van der Waals surface area contributed by atoms with E-state index >= 15 is 0 Å². The summed E-state index contributed by atoms with van der Waals surface area (Å²) < 4.78 is 0. The van der Waals surface area contributed by atoms with Crippen molar-refractivity contribution in [3.05, 3.63) is 35.9 Å². The number of rotatable bonds is 6. The number of urea groups is 1. The number of nitrogens with zero attached hydrogens (tertiary/aromatic N) is 2. The van der Waals surface area contributed by atoms with Gasteiger partial charge in [-0.05, 0) is 25.5 Å². The van der Waals surface area contributed by atoms with E-state index in [1.807, 2.05) is 42.3 Å². The zero-order valence-electron chi connectivity index (χ0n) is 15.2. The molecule has 26 heavy (non-hydrogen) atoms. The second-order valence-electron chi connectivity index (χ2n) is 7.22. The molecule has 2 N–H and O–H groups in total. The average molecular weight is 358 g/mol. The van der Waals surface area contributed by atoms with E-state index in [1.165, 1.54) is 5.56 Å². The summed E-state index contributed by atoms with van der Waals surface area (Å²) in [7, 11) is 1.94. The van der Waals surface area contributed by atoms with Crippen molar-refractivity contribution in [2.75, 3.05) is 13.6 Å². The van der Waals surface area contributed by atoms with Crippen LogP contribution in [0.2, 0.25) is 0 Å². The van der Waals surface area contributed by atoms with Crippen molar-refractivity contribution in [2.24, 2.45) is 0 Å². The van der Waals surface area contributed by atoms with Crippen molar-refractivity contribution in [2.45, 2.75) is 50.6 Å². The topological polar surface area (TPSA) is 81.8 Å². The van der Waals surface area contributed by atoms with Gasteiger partial charge in [-0.15, -0.1) is 0 Å². The van der Waals surface area contributed by atoms with Gasteiger partial charge in [0, 0.05) is 19.5 Å². The van der Waals surface area contributed by atoms with Crippen LogP contribution in [0.4, 0.5) is 4.79 Å². The van der Waals surface area contributed by atoms with E-state index in [9.17, 15) is 14.4 Å². The van der Waals surface area contributed by atoms with Gasteiger partial charge >= 0.3 is 6.03 Å². The molecule has 1 aromatic rings. The summed E-state index contributed by atoms with van der Waals surface area (Å²) in [6.45, 7) is 1.27. The number of nitrogens with one attached hydrogen (secondary N) is 2. The lowest BCUT2D eigenvalue weighted by atomic mass is 9.82. The van der Waals surface area contributed by atoms with Crippen molar-refractivity contribution in [3.63, 3.8) is 0 Å². The highest BCUT2D eigenvalue weighted by Crippen LogP contribution is 2.32. The number of hydrogen-bond acceptors (Lipinski definition) is 4. The molecule has 0 radical (unpaired) electrons. The Kier molecular flexibility index (Phi) is 5.56. The van der Waals surface area contributed by atoms with E-state index in [1.54, 1.807) is 0 Å². The Morgan fingerprint density at radius 3 is 2.58 bits per heavy atom. The summed E-state index contributed by atoms with van der Waals surface area (Å²) in [6, 6.07) is 9.47. The summed E-state index contributed by atoms with van der Waals surface area (Å²) in [5.41, 5.74) is 2.83. The normalized spacial score (nSPS) is 19.1. The van der Waals surface area contributed by atoms with Gasteiger partial charge in [0.2, 0.25) is 5.91 Å². The molecule has 1 heterocycles.